The number of rotatable bonds is 11. The summed E-state index contributed by atoms with van der Waals surface area (Å²) in [6, 6.07) is 15.0. The van der Waals surface area contributed by atoms with Gasteiger partial charge >= 0.3 is 0 Å². The number of amides is 2. The van der Waals surface area contributed by atoms with E-state index < -0.39 is 21.8 Å². The van der Waals surface area contributed by atoms with Crippen LogP contribution >= 0.6 is 23.2 Å². The smallest absolute Gasteiger partial charge is 0.249 e. The van der Waals surface area contributed by atoms with Crippen LogP contribution in [0, 0.1) is 0 Å². The number of ether oxygens (including phenoxy) is 1. The van der Waals surface area contributed by atoms with Crippen molar-refractivity contribution in [3.05, 3.63) is 98.0 Å². The molecule has 1 aliphatic heterocycles. The van der Waals surface area contributed by atoms with Crippen molar-refractivity contribution >= 4 is 45.0 Å². The Hall–Kier alpha value is -2.99. The number of primary amides is 2. The Morgan fingerprint density at radius 3 is 2.30 bits per heavy atom. The van der Waals surface area contributed by atoms with Crippen LogP contribution in [-0.2, 0) is 27.7 Å². The largest absolute Gasteiger partial charge is 0.380 e. The molecule has 1 aliphatic rings. The summed E-state index contributed by atoms with van der Waals surface area (Å²) in [4.78, 5) is 25.7. The minimum atomic E-state index is -3.77. The van der Waals surface area contributed by atoms with Crippen LogP contribution in [0.2, 0.25) is 10.0 Å². The van der Waals surface area contributed by atoms with Gasteiger partial charge in [-0.2, -0.15) is 0 Å². The second kappa shape index (κ2) is 12.7. The fourth-order valence-electron chi connectivity index (χ4n) is 4.94. The number of fused-ring (bicyclic) bond motifs is 1. The van der Waals surface area contributed by atoms with E-state index in [1.807, 2.05) is 13.1 Å². The van der Waals surface area contributed by atoms with Gasteiger partial charge in [0.1, 0.15) is 0 Å². The zero-order valence-corrected chi connectivity index (χ0v) is 24.2. The third-order valence-electron chi connectivity index (χ3n) is 6.83. The number of hydrogen-bond donors (Lipinski definition) is 3. The molecule has 1 atom stereocenters. The fourth-order valence-corrected chi connectivity index (χ4v) is 6.52. The lowest BCUT2D eigenvalue weighted by Crippen LogP contribution is -2.31. The number of carbonyl (C=O) groups excluding carboxylic acids is 2. The Morgan fingerprint density at radius 1 is 1.02 bits per heavy atom. The van der Waals surface area contributed by atoms with Crippen molar-refractivity contribution < 1.29 is 22.7 Å². The molecule has 0 saturated heterocycles. The SMILES string of the molecule is CN1Cc2c(Cl)cc(Cl)cc2C(c2ccc(S(=O)(=O)NCCOCCc3c(C(N)=O)cccc3C(N)=O)cc2)C1. The highest BCUT2D eigenvalue weighted by Crippen LogP contribution is 2.38. The van der Waals surface area contributed by atoms with Gasteiger partial charge in [-0.1, -0.05) is 41.4 Å². The first kappa shape index (κ1) is 30.0. The molecular weight excluding hydrogens is 575 g/mol. The van der Waals surface area contributed by atoms with Gasteiger partial charge in [-0.25, -0.2) is 13.1 Å². The fraction of sp³-hybridized carbons (Fsp3) is 0.286. The van der Waals surface area contributed by atoms with Gasteiger partial charge in [0.2, 0.25) is 21.8 Å². The number of nitrogens with two attached hydrogens (primary N) is 2. The highest BCUT2D eigenvalue weighted by molar-refractivity contribution is 7.89. The Labute approximate surface area is 243 Å². The van der Waals surface area contributed by atoms with Gasteiger partial charge in [-0.15, -0.1) is 0 Å². The lowest BCUT2D eigenvalue weighted by Gasteiger charge is -2.33. The molecule has 1 heterocycles. The van der Waals surface area contributed by atoms with Gasteiger partial charge in [0.15, 0.2) is 0 Å². The quantitative estimate of drug-likeness (QED) is 0.286. The maximum absolute atomic E-state index is 12.8. The number of likely N-dealkylation sites (N-methyl/N-ethyl adjacent to an activating group) is 1. The first-order valence-electron chi connectivity index (χ1n) is 12.5. The molecule has 0 bridgehead atoms. The van der Waals surface area contributed by atoms with Gasteiger partial charge in [0, 0.05) is 46.7 Å². The number of halogens is 2. The lowest BCUT2D eigenvalue weighted by molar-refractivity contribution is 0.0997. The second-order valence-corrected chi connectivity index (χ2v) is 12.2. The first-order valence-corrected chi connectivity index (χ1v) is 14.8. The summed E-state index contributed by atoms with van der Waals surface area (Å²) in [5.74, 6) is -1.36. The monoisotopic (exact) mass is 604 g/mol. The topological polar surface area (TPSA) is 145 Å². The van der Waals surface area contributed by atoms with Crippen molar-refractivity contribution in [1.29, 1.82) is 0 Å². The molecule has 12 heteroatoms. The molecule has 0 aliphatic carbocycles. The van der Waals surface area contributed by atoms with Crippen molar-refractivity contribution in [1.82, 2.24) is 9.62 Å². The summed E-state index contributed by atoms with van der Waals surface area (Å²) in [6.07, 6.45) is 0.210. The van der Waals surface area contributed by atoms with Gasteiger partial charge < -0.3 is 21.1 Å². The minimum absolute atomic E-state index is 0.00200. The van der Waals surface area contributed by atoms with Crippen LogP contribution in [0.3, 0.4) is 0 Å². The molecule has 3 aromatic rings. The number of sulfonamides is 1. The predicted molar refractivity (Wildman–Crippen MR) is 154 cm³/mol. The van der Waals surface area contributed by atoms with Gasteiger partial charge in [-0.05, 0) is 72.1 Å². The normalized spacial score (nSPS) is 15.5. The van der Waals surface area contributed by atoms with Gasteiger partial charge in [0.25, 0.3) is 0 Å². The van der Waals surface area contributed by atoms with Crippen LogP contribution in [-0.4, -0.2) is 58.5 Å². The zero-order chi connectivity index (χ0) is 29.0. The summed E-state index contributed by atoms with van der Waals surface area (Å²) in [7, 11) is -1.76. The molecular formula is C28H30Cl2N4O5S. The number of hydrogen-bond acceptors (Lipinski definition) is 6. The summed E-state index contributed by atoms with van der Waals surface area (Å²) < 4.78 is 33.7. The van der Waals surface area contributed by atoms with E-state index in [0.29, 0.717) is 22.2 Å². The molecule has 0 spiro atoms. The zero-order valence-electron chi connectivity index (χ0n) is 21.8. The highest BCUT2D eigenvalue weighted by Gasteiger charge is 2.27. The predicted octanol–water partition coefficient (Wildman–Crippen LogP) is 3.31. The average molecular weight is 606 g/mol. The average Bonchev–Trinajstić information content (AvgIpc) is 2.90. The number of benzene rings is 3. The van der Waals surface area contributed by atoms with E-state index >= 15 is 0 Å². The third-order valence-corrected chi connectivity index (χ3v) is 8.86. The van der Waals surface area contributed by atoms with Crippen LogP contribution in [0.4, 0.5) is 0 Å². The van der Waals surface area contributed by atoms with E-state index in [2.05, 4.69) is 9.62 Å². The molecule has 1 unspecified atom stereocenters. The van der Waals surface area contributed by atoms with Crippen LogP contribution in [0.15, 0.2) is 59.5 Å². The second-order valence-electron chi connectivity index (χ2n) is 9.59. The Kier molecular flexibility index (Phi) is 9.50. The Morgan fingerprint density at radius 2 is 1.68 bits per heavy atom. The Balaban J connectivity index is 1.35. The van der Waals surface area contributed by atoms with Crippen molar-refractivity contribution in [2.24, 2.45) is 11.5 Å². The van der Waals surface area contributed by atoms with Crippen LogP contribution in [0.1, 0.15) is 48.9 Å². The molecule has 0 fully saturated rings. The van der Waals surface area contributed by atoms with E-state index in [9.17, 15) is 18.0 Å². The molecule has 2 amide bonds. The summed E-state index contributed by atoms with van der Waals surface area (Å²) >= 11 is 12.7. The van der Waals surface area contributed by atoms with E-state index in [-0.39, 0.29) is 48.1 Å². The summed E-state index contributed by atoms with van der Waals surface area (Å²) in [5.41, 5.74) is 14.6. The lowest BCUT2D eigenvalue weighted by atomic mass is 9.85. The molecule has 4 rings (SSSR count). The molecule has 0 saturated carbocycles. The molecule has 0 radical (unpaired) electrons. The van der Waals surface area contributed by atoms with Crippen molar-refractivity contribution in [2.45, 2.75) is 23.8 Å². The van der Waals surface area contributed by atoms with Crippen molar-refractivity contribution in [2.75, 3.05) is 33.4 Å². The highest BCUT2D eigenvalue weighted by atomic mass is 35.5. The maximum Gasteiger partial charge on any atom is 0.249 e. The molecule has 3 aromatic carbocycles. The number of nitrogens with zero attached hydrogens (tertiary/aromatic N) is 1. The first-order chi connectivity index (χ1) is 19.0. The van der Waals surface area contributed by atoms with Gasteiger partial charge in [0.05, 0.1) is 18.1 Å². The van der Waals surface area contributed by atoms with Crippen LogP contribution < -0.4 is 16.2 Å². The van der Waals surface area contributed by atoms with Gasteiger partial charge in [-0.3, -0.25) is 9.59 Å². The van der Waals surface area contributed by atoms with E-state index in [1.165, 1.54) is 18.2 Å². The van der Waals surface area contributed by atoms with E-state index in [1.54, 1.807) is 30.3 Å². The number of carbonyl (C=O) groups is 2. The van der Waals surface area contributed by atoms with Crippen molar-refractivity contribution in [3.8, 4) is 0 Å². The van der Waals surface area contributed by atoms with E-state index in [4.69, 9.17) is 39.4 Å². The minimum Gasteiger partial charge on any atom is -0.380 e. The Bertz CT molecular complexity index is 1500. The van der Waals surface area contributed by atoms with Crippen LogP contribution in [0.5, 0.6) is 0 Å². The van der Waals surface area contributed by atoms with Crippen molar-refractivity contribution in [3.63, 3.8) is 0 Å². The number of nitrogens with one attached hydrogen (secondary N) is 1. The molecule has 5 N–H and O–H groups in total. The standard InChI is InChI=1S/C28H30Cl2N4O5S/c1-34-15-24(23-13-18(29)14-26(30)25(23)16-34)17-5-7-19(8-6-17)40(37,38)33-10-12-39-11-9-20-21(27(31)35)3-2-4-22(20)28(32)36/h2-8,13-14,24,33H,9-12,15-16H2,1H3,(H2,31,35)(H2,32,36). The third kappa shape index (κ3) is 6.83. The molecule has 212 valence electrons. The van der Waals surface area contributed by atoms with Crippen LogP contribution in [0.25, 0.3) is 0 Å². The molecule has 0 aromatic heterocycles. The summed E-state index contributed by atoms with van der Waals surface area (Å²) in [5, 5.41) is 1.18. The molecule has 9 nitrogen and oxygen atoms in total. The van der Waals surface area contributed by atoms with E-state index in [0.717, 1.165) is 23.2 Å². The molecule has 40 heavy (non-hydrogen) atoms. The summed E-state index contributed by atoms with van der Waals surface area (Å²) in [6.45, 7) is 1.70. The maximum atomic E-state index is 12.8.